The average Bonchev–Trinajstić information content (AvgIpc) is 3.06. The van der Waals surface area contributed by atoms with Crippen LogP contribution in [0.4, 0.5) is 0 Å². The van der Waals surface area contributed by atoms with Crippen LogP contribution in [0.25, 0.3) is 0 Å². The summed E-state index contributed by atoms with van der Waals surface area (Å²) in [5, 5.41) is 15.2. The van der Waals surface area contributed by atoms with E-state index in [9.17, 15) is 4.79 Å². The summed E-state index contributed by atoms with van der Waals surface area (Å²) in [4.78, 5) is 15.7. The monoisotopic (exact) mass is 331 g/mol. The molecular formula is C15H17N5O4. The summed E-state index contributed by atoms with van der Waals surface area (Å²) in [6.07, 6.45) is 1.33. The fraction of sp³-hybridized carbons (Fsp3) is 0.333. The molecule has 0 atom stereocenters. The fourth-order valence-corrected chi connectivity index (χ4v) is 2.05. The Kier molecular flexibility index (Phi) is 5.57. The third-order valence-electron chi connectivity index (χ3n) is 3.20. The first-order chi connectivity index (χ1) is 11.6. The lowest BCUT2D eigenvalue weighted by Crippen LogP contribution is -2.27. The summed E-state index contributed by atoms with van der Waals surface area (Å²) in [5.74, 6) is 1.39. The number of nitriles is 1. The third kappa shape index (κ3) is 3.92. The Hall–Kier alpha value is -3.28. The van der Waals surface area contributed by atoms with Crippen LogP contribution in [0.5, 0.6) is 17.2 Å². The number of nitrogens with zero attached hydrogens (tertiary/aromatic N) is 4. The first-order valence-corrected chi connectivity index (χ1v) is 6.96. The second-order valence-corrected chi connectivity index (χ2v) is 4.67. The molecule has 1 amide bonds. The van der Waals surface area contributed by atoms with Crippen molar-refractivity contribution in [3.05, 3.63) is 29.8 Å². The molecule has 1 aromatic carbocycles. The van der Waals surface area contributed by atoms with Crippen LogP contribution < -0.4 is 19.5 Å². The average molecular weight is 331 g/mol. The van der Waals surface area contributed by atoms with Crippen LogP contribution in [0.1, 0.15) is 11.4 Å². The van der Waals surface area contributed by atoms with E-state index in [-0.39, 0.29) is 24.8 Å². The van der Waals surface area contributed by atoms with Gasteiger partial charge in [-0.1, -0.05) is 0 Å². The SMILES string of the molecule is COc1cc(OC)c(OC)cc1CNC(=O)Cn1cnc(C#N)n1. The predicted molar refractivity (Wildman–Crippen MR) is 82.7 cm³/mol. The van der Waals surface area contributed by atoms with Crippen molar-refractivity contribution in [2.45, 2.75) is 13.1 Å². The van der Waals surface area contributed by atoms with Gasteiger partial charge in [-0.2, -0.15) is 5.26 Å². The first kappa shape index (κ1) is 17.1. The first-order valence-electron chi connectivity index (χ1n) is 6.96. The molecule has 1 heterocycles. The highest BCUT2D eigenvalue weighted by atomic mass is 16.5. The molecule has 0 aliphatic heterocycles. The molecule has 24 heavy (non-hydrogen) atoms. The third-order valence-corrected chi connectivity index (χ3v) is 3.20. The summed E-state index contributed by atoms with van der Waals surface area (Å²) in [5.41, 5.74) is 0.736. The van der Waals surface area contributed by atoms with E-state index in [2.05, 4.69) is 15.4 Å². The number of ether oxygens (including phenoxy) is 3. The minimum atomic E-state index is -0.277. The minimum Gasteiger partial charge on any atom is -0.496 e. The molecule has 0 unspecified atom stereocenters. The normalized spacial score (nSPS) is 9.92. The van der Waals surface area contributed by atoms with Crippen LogP contribution >= 0.6 is 0 Å². The maximum absolute atomic E-state index is 12.0. The van der Waals surface area contributed by atoms with Crippen molar-refractivity contribution in [1.82, 2.24) is 20.1 Å². The number of carbonyl (C=O) groups is 1. The van der Waals surface area contributed by atoms with E-state index < -0.39 is 0 Å². The van der Waals surface area contributed by atoms with Gasteiger partial charge in [0.2, 0.25) is 5.91 Å². The highest BCUT2D eigenvalue weighted by Gasteiger charge is 2.13. The quantitative estimate of drug-likeness (QED) is 0.786. The van der Waals surface area contributed by atoms with Crippen molar-refractivity contribution < 1.29 is 19.0 Å². The zero-order valence-corrected chi connectivity index (χ0v) is 13.6. The van der Waals surface area contributed by atoms with E-state index in [0.29, 0.717) is 17.2 Å². The zero-order chi connectivity index (χ0) is 17.5. The number of hydrogen-bond donors (Lipinski definition) is 1. The van der Waals surface area contributed by atoms with Gasteiger partial charge in [0.05, 0.1) is 21.3 Å². The van der Waals surface area contributed by atoms with Crippen molar-refractivity contribution in [2.75, 3.05) is 21.3 Å². The van der Waals surface area contributed by atoms with Gasteiger partial charge in [-0.3, -0.25) is 4.79 Å². The van der Waals surface area contributed by atoms with Gasteiger partial charge in [-0.05, 0) is 6.07 Å². The predicted octanol–water partition coefficient (Wildman–Crippen LogP) is 0.492. The topological polar surface area (TPSA) is 111 Å². The lowest BCUT2D eigenvalue weighted by atomic mass is 10.1. The molecule has 0 saturated heterocycles. The zero-order valence-electron chi connectivity index (χ0n) is 13.6. The molecule has 9 heteroatoms. The van der Waals surface area contributed by atoms with E-state index in [1.54, 1.807) is 18.2 Å². The molecule has 2 aromatic rings. The number of hydrogen-bond acceptors (Lipinski definition) is 7. The van der Waals surface area contributed by atoms with Crippen LogP contribution in [0.15, 0.2) is 18.5 Å². The van der Waals surface area contributed by atoms with Gasteiger partial charge in [0, 0.05) is 18.2 Å². The summed E-state index contributed by atoms with van der Waals surface area (Å²) in [6.45, 7) is 0.201. The highest BCUT2D eigenvalue weighted by molar-refractivity contribution is 5.75. The van der Waals surface area contributed by atoms with Gasteiger partial charge in [0.25, 0.3) is 5.82 Å². The molecule has 0 aliphatic rings. The lowest BCUT2D eigenvalue weighted by molar-refractivity contribution is -0.122. The lowest BCUT2D eigenvalue weighted by Gasteiger charge is -2.14. The van der Waals surface area contributed by atoms with Crippen molar-refractivity contribution >= 4 is 5.91 Å². The van der Waals surface area contributed by atoms with Crippen LogP contribution in [0, 0.1) is 11.3 Å². The van der Waals surface area contributed by atoms with Crippen molar-refractivity contribution in [2.24, 2.45) is 0 Å². The van der Waals surface area contributed by atoms with Gasteiger partial charge < -0.3 is 19.5 Å². The summed E-state index contributed by atoms with van der Waals surface area (Å²) >= 11 is 0. The van der Waals surface area contributed by atoms with Crippen LogP contribution in [0.3, 0.4) is 0 Å². The molecule has 0 radical (unpaired) electrons. The summed E-state index contributed by atoms with van der Waals surface area (Å²) in [6, 6.07) is 5.23. The van der Waals surface area contributed by atoms with Gasteiger partial charge in [-0.25, -0.2) is 9.67 Å². The Bertz CT molecular complexity index is 766. The number of carbonyl (C=O) groups excluding carboxylic acids is 1. The smallest absolute Gasteiger partial charge is 0.252 e. The molecule has 0 saturated carbocycles. The Morgan fingerprint density at radius 3 is 2.46 bits per heavy atom. The molecule has 2 rings (SSSR count). The number of amides is 1. The van der Waals surface area contributed by atoms with Crippen molar-refractivity contribution in [1.29, 1.82) is 5.26 Å². The van der Waals surface area contributed by atoms with Crippen LogP contribution in [0.2, 0.25) is 0 Å². The number of aromatic nitrogens is 3. The van der Waals surface area contributed by atoms with Crippen LogP contribution in [-0.2, 0) is 17.9 Å². The van der Waals surface area contributed by atoms with Gasteiger partial charge in [-0.15, -0.1) is 5.10 Å². The molecule has 9 nitrogen and oxygen atoms in total. The molecular weight excluding hydrogens is 314 g/mol. The van der Waals surface area contributed by atoms with E-state index >= 15 is 0 Å². The Morgan fingerprint density at radius 1 is 1.21 bits per heavy atom. The summed E-state index contributed by atoms with van der Waals surface area (Å²) < 4.78 is 17.1. The fourth-order valence-electron chi connectivity index (χ4n) is 2.05. The molecule has 126 valence electrons. The highest BCUT2D eigenvalue weighted by Crippen LogP contribution is 2.34. The molecule has 1 aromatic heterocycles. The molecule has 0 bridgehead atoms. The van der Waals surface area contributed by atoms with Crippen LogP contribution in [-0.4, -0.2) is 42.0 Å². The standard InChI is InChI=1S/C15H17N5O4/c1-22-11-5-13(24-3)12(23-2)4-10(11)7-17-15(21)8-20-9-18-14(6-16)19-20/h4-5,9H,7-8H2,1-3H3,(H,17,21). The van der Waals surface area contributed by atoms with Gasteiger partial charge in [0.15, 0.2) is 11.5 Å². The molecule has 0 spiro atoms. The maximum atomic E-state index is 12.0. The largest absolute Gasteiger partial charge is 0.496 e. The van der Waals surface area contributed by atoms with E-state index in [4.69, 9.17) is 19.5 Å². The summed E-state index contributed by atoms with van der Waals surface area (Å²) in [7, 11) is 4.60. The second kappa shape index (κ2) is 7.82. The maximum Gasteiger partial charge on any atom is 0.252 e. The molecule has 0 aliphatic carbocycles. The number of methoxy groups -OCH3 is 3. The second-order valence-electron chi connectivity index (χ2n) is 4.67. The molecule has 1 N–H and O–H groups in total. The number of rotatable bonds is 7. The Balaban J connectivity index is 2.05. The minimum absolute atomic E-state index is 0.0179. The van der Waals surface area contributed by atoms with Crippen molar-refractivity contribution in [3.8, 4) is 23.3 Å². The van der Waals surface area contributed by atoms with Gasteiger partial charge in [0.1, 0.15) is 24.7 Å². The Morgan fingerprint density at radius 2 is 1.88 bits per heavy atom. The Labute approximate surface area is 138 Å². The number of benzene rings is 1. The van der Waals surface area contributed by atoms with E-state index in [0.717, 1.165) is 5.56 Å². The molecule has 0 fully saturated rings. The number of nitrogens with one attached hydrogen (secondary N) is 1. The van der Waals surface area contributed by atoms with Gasteiger partial charge >= 0.3 is 0 Å². The van der Waals surface area contributed by atoms with Crippen molar-refractivity contribution in [3.63, 3.8) is 0 Å². The van der Waals surface area contributed by atoms with E-state index in [1.165, 1.54) is 32.3 Å². The van der Waals surface area contributed by atoms with E-state index in [1.807, 2.05) is 0 Å².